The summed E-state index contributed by atoms with van der Waals surface area (Å²) in [5, 5.41) is 88.6. The van der Waals surface area contributed by atoms with Crippen molar-refractivity contribution in [2.75, 3.05) is 90.4 Å². The Balaban J connectivity index is 1.06. The molecule has 1 aliphatic carbocycles. The first kappa shape index (κ1) is 72.2. The molecular formula is C60H83N11O18S. The minimum Gasteiger partial charge on any atom is -0.481 e. The predicted molar refractivity (Wildman–Crippen MR) is 330 cm³/mol. The maximum Gasteiger partial charge on any atom is 0.326 e. The first-order chi connectivity index (χ1) is 42.9. The van der Waals surface area contributed by atoms with E-state index in [-0.39, 0.29) is 135 Å². The maximum atomic E-state index is 13.9. The topological polar surface area (TPSA) is 427 Å². The SMILES string of the molecule is O=C(O)CCC(NC(=O)NC(CCCCNC(=O)[C@H](Cc1ccc2ccccc2c1)NC(=O)C1CCC(CNC(=S)Nc2ccc(CNC(=O)CCC(C(=O)O)N3CCN(CC(=O)O)CCN(CC(=O)O)CCN(CC(=O)O)CC3)cc2)CC1)C(=O)O)C(=O)O. The largest absolute Gasteiger partial charge is 0.481 e. The predicted octanol–water partition coefficient (Wildman–Crippen LogP) is 1.34. The van der Waals surface area contributed by atoms with Gasteiger partial charge in [0, 0.05) is 103 Å². The summed E-state index contributed by atoms with van der Waals surface area (Å²) >= 11 is 5.60. The number of fused-ring (bicyclic) bond motifs is 1. The number of unbranched alkanes of at least 4 members (excludes halogenated alkanes) is 1. The summed E-state index contributed by atoms with van der Waals surface area (Å²) in [7, 11) is 0. The smallest absolute Gasteiger partial charge is 0.326 e. The van der Waals surface area contributed by atoms with Crippen molar-refractivity contribution < 1.29 is 88.5 Å². The molecule has 5 rings (SSSR count). The van der Waals surface area contributed by atoms with Crippen LogP contribution in [0.15, 0.2) is 66.7 Å². The van der Waals surface area contributed by atoms with Gasteiger partial charge >= 0.3 is 47.8 Å². The number of anilines is 1. The van der Waals surface area contributed by atoms with E-state index >= 15 is 0 Å². The van der Waals surface area contributed by atoms with Crippen molar-refractivity contribution in [3.8, 4) is 0 Å². The number of nitrogens with one attached hydrogen (secondary N) is 7. The Bertz CT molecular complexity index is 2940. The fraction of sp³-hybridized carbons (Fsp3) is 0.533. The molecule has 2 aliphatic rings. The van der Waals surface area contributed by atoms with E-state index in [0.29, 0.717) is 49.4 Å². The lowest BCUT2D eigenvalue weighted by Gasteiger charge is -2.35. The van der Waals surface area contributed by atoms with Crippen molar-refractivity contribution in [1.82, 2.24) is 51.5 Å². The molecule has 90 heavy (non-hydrogen) atoms. The van der Waals surface area contributed by atoms with Crippen LogP contribution in [0.4, 0.5) is 10.5 Å². The number of nitrogens with zero attached hydrogens (tertiary/aromatic N) is 4. The van der Waals surface area contributed by atoms with Gasteiger partial charge in [0.25, 0.3) is 0 Å². The fourth-order valence-corrected chi connectivity index (χ4v) is 10.9. The third-order valence-corrected chi connectivity index (χ3v) is 16.0. The van der Waals surface area contributed by atoms with Crippen LogP contribution in [-0.4, -0.2) is 235 Å². The summed E-state index contributed by atoms with van der Waals surface area (Å²) in [6, 6.07) is 14.5. The lowest BCUT2D eigenvalue weighted by molar-refractivity contribution is -0.145. The number of thiocarbonyl (C=S) groups is 1. The van der Waals surface area contributed by atoms with E-state index in [9.17, 15) is 83.4 Å². The van der Waals surface area contributed by atoms with Gasteiger partial charge < -0.3 is 73.0 Å². The summed E-state index contributed by atoms with van der Waals surface area (Å²) in [5.74, 6) is -9.92. The van der Waals surface area contributed by atoms with Crippen LogP contribution < -0.4 is 37.2 Å². The van der Waals surface area contributed by atoms with Crippen molar-refractivity contribution in [1.29, 1.82) is 0 Å². The van der Waals surface area contributed by atoms with Gasteiger partial charge in [-0.05, 0) is 110 Å². The lowest BCUT2D eigenvalue weighted by Crippen LogP contribution is -2.52. The number of carbonyl (C=O) groups excluding carboxylic acids is 4. The van der Waals surface area contributed by atoms with Gasteiger partial charge in [-0.2, -0.15) is 0 Å². The second kappa shape index (κ2) is 37.4. The average Bonchev–Trinajstić information content (AvgIpc) is 2.00. The first-order valence-electron chi connectivity index (χ1n) is 29.9. The molecule has 30 heteroatoms. The Morgan fingerprint density at radius 2 is 1.07 bits per heavy atom. The second-order valence-electron chi connectivity index (χ2n) is 22.5. The van der Waals surface area contributed by atoms with Crippen LogP contribution in [0, 0.1) is 11.8 Å². The van der Waals surface area contributed by atoms with Gasteiger partial charge in [0.2, 0.25) is 17.7 Å². The number of hydrogen-bond acceptors (Lipinski definition) is 16. The number of carboxylic acid groups (broad SMARTS) is 7. The van der Waals surface area contributed by atoms with E-state index in [0.717, 1.165) is 21.9 Å². The van der Waals surface area contributed by atoms with Gasteiger partial charge in [-0.3, -0.25) is 58.0 Å². The summed E-state index contributed by atoms with van der Waals surface area (Å²) in [6.07, 6.45) is 2.02. The first-order valence-corrected chi connectivity index (χ1v) is 30.3. The summed E-state index contributed by atoms with van der Waals surface area (Å²) in [4.78, 5) is 142. The Labute approximate surface area is 525 Å². The fourth-order valence-electron chi connectivity index (χ4n) is 10.7. The highest BCUT2D eigenvalue weighted by Crippen LogP contribution is 2.29. The minimum absolute atomic E-state index is 0.0668. The molecule has 1 aliphatic heterocycles. The van der Waals surface area contributed by atoms with Gasteiger partial charge in [0.1, 0.15) is 24.2 Å². The Morgan fingerprint density at radius 1 is 0.522 bits per heavy atom. The van der Waals surface area contributed by atoms with Crippen LogP contribution >= 0.6 is 12.2 Å². The van der Waals surface area contributed by atoms with Crippen LogP contribution in [-0.2, 0) is 60.9 Å². The third-order valence-electron chi connectivity index (χ3n) is 15.7. The molecule has 0 aromatic heterocycles. The molecule has 5 amide bonds. The lowest BCUT2D eigenvalue weighted by atomic mass is 9.81. The molecule has 14 N–H and O–H groups in total. The van der Waals surface area contributed by atoms with Crippen LogP contribution in [0.25, 0.3) is 10.8 Å². The van der Waals surface area contributed by atoms with E-state index < -0.39 is 96.6 Å². The van der Waals surface area contributed by atoms with E-state index in [1.54, 1.807) is 43.9 Å². The molecule has 29 nitrogen and oxygen atoms in total. The molecule has 0 radical (unpaired) electrons. The molecule has 2 fully saturated rings. The molecule has 492 valence electrons. The minimum atomic E-state index is -1.55. The van der Waals surface area contributed by atoms with E-state index in [4.69, 9.17) is 17.3 Å². The highest BCUT2D eigenvalue weighted by molar-refractivity contribution is 7.80. The zero-order valence-electron chi connectivity index (χ0n) is 50.0. The highest BCUT2D eigenvalue weighted by atomic mass is 32.1. The number of carboxylic acids is 7. The van der Waals surface area contributed by atoms with Crippen LogP contribution in [0.5, 0.6) is 0 Å². The van der Waals surface area contributed by atoms with Crippen LogP contribution in [0.1, 0.15) is 81.8 Å². The number of carbonyl (C=O) groups is 11. The Kier molecular flexibility index (Phi) is 30.0. The molecule has 1 heterocycles. The number of urea groups is 1. The van der Waals surface area contributed by atoms with Crippen molar-refractivity contribution in [3.05, 3.63) is 77.9 Å². The summed E-state index contributed by atoms with van der Waals surface area (Å²) in [5.41, 5.74) is 2.25. The molecule has 4 atom stereocenters. The van der Waals surface area contributed by atoms with Gasteiger partial charge in [-0.1, -0.05) is 54.6 Å². The van der Waals surface area contributed by atoms with Crippen LogP contribution in [0.3, 0.4) is 0 Å². The van der Waals surface area contributed by atoms with Crippen LogP contribution in [0.2, 0.25) is 0 Å². The van der Waals surface area contributed by atoms with Gasteiger partial charge in [0.05, 0.1) is 19.6 Å². The molecule has 1 saturated heterocycles. The van der Waals surface area contributed by atoms with E-state index in [2.05, 4.69) is 37.2 Å². The van der Waals surface area contributed by atoms with Crippen molar-refractivity contribution in [2.45, 2.75) is 108 Å². The van der Waals surface area contributed by atoms with Crippen molar-refractivity contribution >= 4 is 99.3 Å². The average molecular weight is 1280 g/mol. The summed E-state index contributed by atoms with van der Waals surface area (Å²) < 4.78 is 0. The number of benzene rings is 3. The van der Waals surface area contributed by atoms with Gasteiger partial charge in [0.15, 0.2) is 5.11 Å². The number of hydrogen-bond donors (Lipinski definition) is 14. The molecule has 3 unspecified atom stereocenters. The molecule has 0 spiro atoms. The molecule has 1 saturated carbocycles. The zero-order valence-corrected chi connectivity index (χ0v) is 50.8. The van der Waals surface area contributed by atoms with E-state index in [1.807, 2.05) is 42.5 Å². The van der Waals surface area contributed by atoms with E-state index in [1.165, 1.54) is 0 Å². The Hall–Kier alpha value is -8.58. The highest BCUT2D eigenvalue weighted by Gasteiger charge is 2.32. The van der Waals surface area contributed by atoms with Crippen molar-refractivity contribution in [3.63, 3.8) is 0 Å². The Morgan fingerprint density at radius 3 is 1.61 bits per heavy atom. The second-order valence-corrected chi connectivity index (χ2v) is 22.9. The summed E-state index contributed by atoms with van der Waals surface area (Å²) in [6.45, 7) is 0.832. The molecular weight excluding hydrogens is 1190 g/mol. The number of amides is 5. The standard InChI is InChI=1S/C60H83N11O18S/c72-49(20-19-48(58(87)88)71-29-27-69(36-52(77)78)25-23-68(35-51(75)76)24-26-70(28-30-71)37-53(79)80)62-33-39-11-16-44(17-12-39)64-60(90)63-34-38-8-14-42(15-9-38)54(81)65-47(32-40-10-13-41-5-1-2-6-43(41)31-40)55(82)61-22-4-3-7-45(56(83)84)66-59(89)67-46(57(85)86)18-21-50(73)74/h1-2,5-6,10-13,16-17,31,38,42,45-48H,3-4,7-9,14-15,18-30,32-37H2,(H,61,82)(H,62,72)(H,65,81)(H,73,74)(H,75,76)(H,77,78)(H,79,80)(H,83,84)(H,85,86)(H,87,88)(H2,63,64,90)(H2,66,67,89)/t38?,42?,45?,46?,47-,48?/m0/s1. The third kappa shape index (κ3) is 26.6. The molecule has 3 aromatic rings. The monoisotopic (exact) mass is 1280 g/mol. The van der Waals surface area contributed by atoms with Crippen molar-refractivity contribution in [2.24, 2.45) is 11.8 Å². The zero-order chi connectivity index (χ0) is 65.7. The van der Waals surface area contributed by atoms with Gasteiger partial charge in [-0.25, -0.2) is 14.4 Å². The maximum absolute atomic E-state index is 13.9. The molecule has 3 aromatic carbocycles. The number of aliphatic carboxylic acids is 7. The normalized spacial score (nSPS) is 17.7. The quantitative estimate of drug-likeness (QED) is 0.0302. The van der Waals surface area contributed by atoms with Gasteiger partial charge in [-0.15, -0.1) is 0 Å². The molecule has 0 bridgehead atoms. The number of rotatable bonds is 33.